The summed E-state index contributed by atoms with van der Waals surface area (Å²) in [6.45, 7) is 2.88. The highest BCUT2D eigenvalue weighted by atomic mass is 79.9. The van der Waals surface area contributed by atoms with Crippen molar-refractivity contribution in [1.29, 1.82) is 0 Å². The van der Waals surface area contributed by atoms with Crippen molar-refractivity contribution in [2.45, 2.75) is 24.8 Å². The van der Waals surface area contributed by atoms with Crippen molar-refractivity contribution in [3.05, 3.63) is 28.2 Å². The van der Waals surface area contributed by atoms with Crippen molar-refractivity contribution in [3.63, 3.8) is 0 Å². The van der Waals surface area contributed by atoms with Crippen LogP contribution in [0.25, 0.3) is 0 Å². The maximum atomic E-state index is 13.6. The molecule has 0 fully saturated rings. The first kappa shape index (κ1) is 17.0. The molecule has 9 heteroatoms. The van der Waals surface area contributed by atoms with Gasteiger partial charge in [0.25, 0.3) is 0 Å². The van der Waals surface area contributed by atoms with Crippen LogP contribution < -0.4 is 10.0 Å². The number of carbonyl (C=O) groups excluding carboxylic acids is 1. The summed E-state index contributed by atoms with van der Waals surface area (Å²) in [5.41, 5.74) is 0. The molecule has 0 aromatic heterocycles. The predicted molar refractivity (Wildman–Crippen MR) is 72.5 cm³/mol. The Balaban J connectivity index is 2.93. The molecule has 20 heavy (non-hydrogen) atoms. The van der Waals surface area contributed by atoms with Crippen molar-refractivity contribution in [2.24, 2.45) is 0 Å². The smallest absolute Gasteiger partial charge is 0.245 e. The molecule has 1 amide bonds. The van der Waals surface area contributed by atoms with E-state index in [2.05, 4.69) is 21.2 Å². The summed E-state index contributed by atoms with van der Waals surface area (Å²) >= 11 is 2.78. The lowest BCUT2D eigenvalue weighted by atomic mass is 10.3. The van der Waals surface area contributed by atoms with Crippen LogP contribution in [0.5, 0.6) is 0 Å². The van der Waals surface area contributed by atoms with E-state index in [-0.39, 0.29) is 10.5 Å². The van der Waals surface area contributed by atoms with Gasteiger partial charge in [-0.2, -0.15) is 0 Å². The molecule has 0 aliphatic carbocycles. The minimum absolute atomic E-state index is 0.152. The summed E-state index contributed by atoms with van der Waals surface area (Å²) in [5.74, 6) is -2.71. The fourth-order valence-corrected chi connectivity index (χ4v) is 3.54. The molecule has 1 aromatic rings. The van der Waals surface area contributed by atoms with E-state index in [9.17, 15) is 22.0 Å². The zero-order valence-corrected chi connectivity index (χ0v) is 13.1. The molecule has 0 bridgehead atoms. The van der Waals surface area contributed by atoms with E-state index in [1.165, 1.54) is 0 Å². The van der Waals surface area contributed by atoms with Gasteiger partial charge in [-0.25, -0.2) is 21.9 Å². The average Bonchev–Trinajstić information content (AvgIpc) is 2.23. The first-order valence-electron chi connectivity index (χ1n) is 5.57. The van der Waals surface area contributed by atoms with Crippen LogP contribution in [-0.4, -0.2) is 26.9 Å². The number of amides is 1. The Morgan fingerprint density at radius 1 is 1.35 bits per heavy atom. The predicted octanol–water partition coefficient (Wildman–Crippen LogP) is 1.53. The van der Waals surface area contributed by atoms with Crippen LogP contribution in [0.2, 0.25) is 0 Å². The molecular weight excluding hydrogens is 358 g/mol. The van der Waals surface area contributed by atoms with Crippen molar-refractivity contribution < 1.29 is 22.0 Å². The van der Waals surface area contributed by atoms with E-state index in [1.54, 1.807) is 13.8 Å². The minimum atomic E-state index is -4.27. The third-order valence-electron chi connectivity index (χ3n) is 2.10. The van der Waals surface area contributed by atoms with Crippen LogP contribution in [0.15, 0.2) is 21.5 Å². The second-order valence-electron chi connectivity index (χ2n) is 4.25. The summed E-state index contributed by atoms with van der Waals surface area (Å²) in [5, 5.41) is 2.47. The number of sulfonamides is 1. The summed E-state index contributed by atoms with van der Waals surface area (Å²) in [4.78, 5) is 10.6. The molecule has 0 aliphatic rings. The van der Waals surface area contributed by atoms with Crippen LogP contribution in [0.4, 0.5) is 8.78 Å². The molecule has 0 aliphatic heterocycles. The number of rotatable bonds is 5. The van der Waals surface area contributed by atoms with Crippen LogP contribution in [0, 0.1) is 11.6 Å². The molecular formula is C11H13BrF2N2O3S. The molecule has 0 radical (unpaired) electrons. The van der Waals surface area contributed by atoms with Gasteiger partial charge in [0, 0.05) is 16.6 Å². The van der Waals surface area contributed by atoms with Gasteiger partial charge in [0.15, 0.2) is 0 Å². The molecule has 0 atom stereocenters. The normalized spacial score (nSPS) is 11.7. The van der Waals surface area contributed by atoms with Crippen molar-refractivity contribution in [1.82, 2.24) is 10.0 Å². The Bertz CT molecular complexity index is 597. The Hall–Kier alpha value is -1.06. The van der Waals surface area contributed by atoms with Crippen LogP contribution >= 0.6 is 15.9 Å². The number of hydrogen-bond donors (Lipinski definition) is 2. The lowest BCUT2D eigenvalue weighted by Gasteiger charge is -2.11. The average molecular weight is 371 g/mol. The van der Waals surface area contributed by atoms with Gasteiger partial charge in [0.05, 0.1) is 6.54 Å². The van der Waals surface area contributed by atoms with E-state index in [0.29, 0.717) is 6.07 Å². The monoisotopic (exact) mass is 370 g/mol. The molecule has 0 unspecified atom stereocenters. The highest BCUT2D eigenvalue weighted by molar-refractivity contribution is 9.10. The zero-order chi connectivity index (χ0) is 15.5. The highest BCUT2D eigenvalue weighted by Gasteiger charge is 2.24. The highest BCUT2D eigenvalue weighted by Crippen LogP contribution is 2.25. The molecule has 0 saturated carbocycles. The lowest BCUT2D eigenvalue weighted by Crippen LogP contribution is -2.40. The van der Waals surface area contributed by atoms with Crippen LogP contribution in [0.1, 0.15) is 13.8 Å². The fraction of sp³-hybridized carbons (Fsp3) is 0.364. The fourth-order valence-electron chi connectivity index (χ4n) is 1.39. The van der Waals surface area contributed by atoms with Crippen LogP contribution in [-0.2, 0) is 14.8 Å². The summed E-state index contributed by atoms with van der Waals surface area (Å²) in [7, 11) is -4.27. The first-order valence-corrected chi connectivity index (χ1v) is 7.84. The van der Waals surface area contributed by atoms with Gasteiger partial charge in [0.2, 0.25) is 15.9 Å². The molecule has 0 spiro atoms. The van der Waals surface area contributed by atoms with E-state index in [0.717, 1.165) is 6.07 Å². The number of halogens is 3. The van der Waals surface area contributed by atoms with Crippen LogP contribution in [0.3, 0.4) is 0 Å². The van der Waals surface area contributed by atoms with E-state index in [1.807, 2.05) is 4.72 Å². The largest absolute Gasteiger partial charge is 0.353 e. The van der Waals surface area contributed by atoms with Crippen molar-refractivity contribution >= 4 is 31.9 Å². The minimum Gasteiger partial charge on any atom is -0.353 e. The van der Waals surface area contributed by atoms with Gasteiger partial charge in [-0.1, -0.05) is 0 Å². The number of nitrogens with one attached hydrogen (secondary N) is 2. The quantitative estimate of drug-likeness (QED) is 0.825. The third kappa shape index (κ3) is 4.50. The molecule has 2 N–H and O–H groups in total. The first-order chi connectivity index (χ1) is 9.13. The van der Waals surface area contributed by atoms with Crippen molar-refractivity contribution in [2.75, 3.05) is 6.54 Å². The standard InChI is InChI=1S/C11H13BrF2N2O3S/c1-6(2)16-10(17)5-15-20(18,19)11-8(12)3-7(13)4-9(11)14/h3-4,6,15H,5H2,1-2H3,(H,16,17). The van der Waals surface area contributed by atoms with Gasteiger partial charge in [-0.15, -0.1) is 0 Å². The maximum Gasteiger partial charge on any atom is 0.245 e. The molecule has 112 valence electrons. The second kappa shape index (κ2) is 6.59. The lowest BCUT2D eigenvalue weighted by molar-refractivity contribution is -0.120. The third-order valence-corrected chi connectivity index (χ3v) is 4.47. The Morgan fingerprint density at radius 2 is 1.95 bits per heavy atom. The SMILES string of the molecule is CC(C)NC(=O)CNS(=O)(=O)c1c(F)cc(F)cc1Br. The van der Waals surface area contributed by atoms with E-state index >= 15 is 0 Å². The Labute approximate surface area is 123 Å². The van der Waals surface area contributed by atoms with Gasteiger partial charge in [-0.3, -0.25) is 4.79 Å². The molecule has 0 heterocycles. The molecule has 1 rings (SSSR count). The number of hydrogen-bond acceptors (Lipinski definition) is 3. The van der Waals surface area contributed by atoms with E-state index < -0.39 is 39.0 Å². The van der Waals surface area contributed by atoms with E-state index in [4.69, 9.17) is 0 Å². The Morgan fingerprint density at radius 3 is 2.45 bits per heavy atom. The molecule has 1 aromatic carbocycles. The Kier molecular flexibility index (Phi) is 5.60. The summed E-state index contributed by atoms with van der Waals surface area (Å²) in [6, 6.07) is 1.13. The topological polar surface area (TPSA) is 75.3 Å². The molecule has 5 nitrogen and oxygen atoms in total. The summed E-state index contributed by atoms with van der Waals surface area (Å²) < 4.78 is 51.9. The summed E-state index contributed by atoms with van der Waals surface area (Å²) in [6.07, 6.45) is 0. The van der Waals surface area contributed by atoms with Gasteiger partial charge >= 0.3 is 0 Å². The van der Waals surface area contributed by atoms with Gasteiger partial charge < -0.3 is 5.32 Å². The van der Waals surface area contributed by atoms with Crippen molar-refractivity contribution in [3.8, 4) is 0 Å². The molecule has 0 saturated heterocycles. The van der Waals surface area contributed by atoms with Gasteiger partial charge in [-0.05, 0) is 35.8 Å². The van der Waals surface area contributed by atoms with Gasteiger partial charge in [0.1, 0.15) is 16.5 Å². The second-order valence-corrected chi connectivity index (χ2v) is 6.80. The zero-order valence-electron chi connectivity index (χ0n) is 10.7. The maximum absolute atomic E-state index is 13.6. The number of benzene rings is 1. The number of carbonyl (C=O) groups is 1.